The van der Waals surface area contributed by atoms with Gasteiger partial charge in [-0.25, -0.2) is 0 Å². The van der Waals surface area contributed by atoms with E-state index in [0.29, 0.717) is 18.7 Å². The molecule has 0 saturated heterocycles. The summed E-state index contributed by atoms with van der Waals surface area (Å²) in [5, 5.41) is 3.08. The van der Waals surface area contributed by atoms with Gasteiger partial charge < -0.3 is 15.0 Å². The molecule has 36 heavy (non-hydrogen) atoms. The summed E-state index contributed by atoms with van der Waals surface area (Å²) >= 11 is 3.49. The highest BCUT2D eigenvalue weighted by molar-refractivity contribution is 9.10. The second-order valence-electron chi connectivity index (χ2n) is 10.1. The number of ether oxygens (including phenoxy) is 1. The van der Waals surface area contributed by atoms with Gasteiger partial charge >= 0.3 is 0 Å². The van der Waals surface area contributed by atoms with E-state index in [4.69, 9.17) is 4.74 Å². The van der Waals surface area contributed by atoms with E-state index in [0.717, 1.165) is 26.7 Å². The molecule has 190 valence electrons. The summed E-state index contributed by atoms with van der Waals surface area (Å²) in [4.78, 5) is 28.9. The van der Waals surface area contributed by atoms with Crippen molar-refractivity contribution in [2.45, 2.75) is 59.2 Å². The maximum atomic E-state index is 13.7. The van der Waals surface area contributed by atoms with E-state index in [-0.39, 0.29) is 18.4 Å². The number of carbonyl (C=O) groups is 2. The van der Waals surface area contributed by atoms with Crippen molar-refractivity contribution in [2.75, 3.05) is 6.61 Å². The Morgan fingerprint density at radius 3 is 2.25 bits per heavy atom. The molecule has 0 heterocycles. The number of halogens is 1. The number of aryl methyl sites for hydroxylation is 2. The van der Waals surface area contributed by atoms with Crippen LogP contribution in [-0.2, 0) is 22.6 Å². The number of rotatable bonds is 9. The third-order valence-electron chi connectivity index (χ3n) is 5.86. The maximum absolute atomic E-state index is 13.7. The lowest BCUT2D eigenvalue weighted by Gasteiger charge is -2.34. The smallest absolute Gasteiger partial charge is 0.261 e. The number of carbonyl (C=O) groups excluding carboxylic acids is 2. The summed E-state index contributed by atoms with van der Waals surface area (Å²) in [6, 6.07) is 22.6. The minimum absolute atomic E-state index is 0.166. The van der Waals surface area contributed by atoms with Crippen molar-refractivity contribution in [3.05, 3.63) is 99.5 Å². The molecule has 1 atom stereocenters. The second-order valence-corrected chi connectivity index (χ2v) is 10.9. The number of nitrogens with one attached hydrogen (secondary N) is 1. The molecule has 0 bridgehead atoms. The van der Waals surface area contributed by atoms with Crippen LogP contribution < -0.4 is 10.1 Å². The lowest BCUT2D eigenvalue weighted by molar-refractivity contribution is -0.143. The minimum atomic E-state index is -0.700. The Labute approximate surface area is 223 Å². The second kappa shape index (κ2) is 12.2. The molecule has 0 radical (unpaired) electrons. The Bertz CT molecular complexity index is 1190. The van der Waals surface area contributed by atoms with Crippen LogP contribution in [0, 0.1) is 13.8 Å². The molecule has 0 fully saturated rings. The topological polar surface area (TPSA) is 58.6 Å². The molecule has 3 aromatic carbocycles. The largest absolute Gasteiger partial charge is 0.484 e. The first-order chi connectivity index (χ1) is 17.0. The van der Waals surface area contributed by atoms with Crippen LogP contribution in [0.4, 0.5) is 0 Å². The fourth-order valence-electron chi connectivity index (χ4n) is 3.91. The summed E-state index contributed by atoms with van der Waals surface area (Å²) in [5.74, 6) is 0.176. The number of hydrogen-bond acceptors (Lipinski definition) is 3. The van der Waals surface area contributed by atoms with Crippen molar-refractivity contribution in [3.63, 3.8) is 0 Å². The summed E-state index contributed by atoms with van der Waals surface area (Å²) in [7, 11) is 0. The number of nitrogens with zero attached hydrogens (tertiary/aromatic N) is 1. The van der Waals surface area contributed by atoms with E-state index < -0.39 is 11.6 Å². The van der Waals surface area contributed by atoms with Gasteiger partial charge in [-0.15, -0.1) is 0 Å². The number of amides is 2. The van der Waals surface area contributed by atoms with Gasteiger partial charge in [-0.05, 0) is 75.1 Å². The molecule has 0 spiro atoms. The molecule has 2 amide bonds. The molecule has 3 rings (SSSR count). The van der Waals surface area contributed by atoms with E-state index in [9.17, 15) is 9.59 Å². The van der Waals surface area contributed by atoms with Crippen molar-refractivity contribution in [2.24, 2.45) is 0 Å². The zero-order valence-corrected chi connectivity index (χ0v) is 23.3. The predicted octanol–water partition coefficient (Wildman–Crippen LogP) is 6.00. The molecule has 0 aromatic heterocycles. The van der Waals surface area contributed by atoms with E-state index in [1.807, 2.05) is 107 Å². The highest BCUT2D eigenvalue weighted by Crippen LogP contribution is 2.22. The van der Waals surface area contributed by atoms with Crippen LogP contribution in [0.3, 0.4) is 0 Å². The van der Waals surface area contributed by atoms with Crippen LogP contribution in [-0.4, -0.2) is 34.9 Å². The fraction of sp³-hybridized carbons (Fsp3) is 0.333. The summed E-state index contributed by atoms with van der Waals surface area (Å²) in [6.07, 6.45) is 0.401. The van der Waals surface area contributed by atoms with Crippen LogP contribution in [0.1, 0.15) is 43.0 Å². The molecule has 0 saturated carbocycles. The van der Waals surface area contributed by atoms with Gasteiger partial charge in [-0.1, -0.05) is 70.5 Å². The van der Waals surface area contributed by atoms with Gasteiger partial charge in [-0.3, -0.25) is 9.59 Å². The van der Waals surface area contributed by atoms with Gasteiger partial charge in [0.15, 0.2) is 6.61 Å². The average Bonchev–Trinajstić information content (AvgIpc) is 2.82. The average molecular weight is 552 g/mol. The van der Waals surface area contributed by atoms with Crippen molar-refractivity contribution in [3.8, 4) is 5.75 Å². The van der Waals surface area contributed by atoms with E-state index >= 15 is 0 Å². The van der Waals surface area contributed by atoms with E-state index in [1.54, 1.807) is 4.90 Å². The SMILES string of the molecule is Cc1cc(OCC(=O)N(Cc2ccccc2C)C(Cc2ccccc2)C(=O)NC(C)(C)C)ccc1Br. The van der Waals surface area contributed by atoms with Gasteiger partial charge in [0.05, 0.1) is 0 Å². The Kier molecular flexibility index (Phi) is 9.32. The molecular formula is C30H35BrN2O3. The Morgan fingerprint density at radius 1 is 0.944 bits per heavy atom. The molecule has 1 N–H and O–H groups in total. The third-order valence-corrected chi connectivity index (χ3v) is 6.75. The van der Waals surface area contributed by atoms with Gasteiger partial charge in [0.2, 0.25) is 5.91 Å². The van der Waals surface area contributed by atoms with Gasteiger partial charge in [0, 0.05) is 23.0 Å². The maximum Gasteiger partial charge on any atom is 0.261 e. The number of benzene rings is 3. The molecule has 6 heteroatoms. The third kappa shape index (κ3) is 7.95. The molecule has 1 unspecified atom stereocenters. The first kappa shape index (κ1) is 27.5. The summed E-state index contributed by atoms with van der Waals surface area (Å²) in [6.45, 7) is 9.95. The Balaban J connectivity index is 1.94. The Hall–Kier alpha value is -3.12. The normalized spacial score (nSPS) is 12.1. The van der Waals surface area contributed by atoms with Crippen LogP contribution in [0.15, 0.2) is 77.3 Å². The molecular weight excluding hydrogens is 516 g/mol. The van der Waals surface area contributed by atoms with Gasteiger partial charge in [0.1, 0.15) is 11.8 Å². The minimum Gasteiger partial charge on any atom is -0.484 e. The first-order valence-electron chi connectivity index (χ1n) is 12.1. The van der Waals surface area contributed by atoms with Gasteiger partial charge in [-0.2, -0.15) is 0 Å². The zero-order chi connectivity index (χ0) is 26.3. The van der Waals surface area contributed by atoms with E-state index in [2.05, 4.69) is 21.2 Å². The van der Waals surface area contributed by atoms with Gasteiger partial charge in [0.25, 0.3) is 5.91 Å². The molecule has 5 nitrogen and oxygen atoms in total. The number of hydrogen-bond donors (Lipinski definition) is 1. The van der Waals surface area contributed by atoms with Crippen LogP contribution in [0.25, 0.3) is 0 Å². The summed E-state index contributed by atoms with van der Waals surface area (Å²) < 4.78 is 6.87. The zero-order valence-electron chi connectivity index (χ0n) is 21.7. The molecule has 0 aliphatic heterocycles. The standard InChI is InChI=1S/C30H35BrN2O3/c1-21-11-9-10-14-24(21)19-33(28(34)20-36-25-15-16-26(31)22(2)17-25)27(29(35)32-30(3,4)5)18-23-12-7-6-8-13-23/h6-17,27H,18-20H2,1-5H3,(H,32,35). The highest BCUT2D eigenvalue weighted by Gasteiger charge is 2.32. The monoisotopic (exact) mass is 550 g/mol. The highest BCUT2D eigenvalue weighted by atomic mass is 79.9. The molecule has 3 aromatic rings. The summed E-state index contributed by atoms with van der Waals surface area (Å²) in [5.41, 5.74) is 3.62. The van der Waals surface area contributed by atoms with Crippen molar-refractivity contribution in [1.29, 1.82) is 0 Å². The fourth-order valence-corrected chi connectivity index (χ4v) is 4.16. The molecule has 0 aliphatic carbocycles. The van der Waals surface area contributed by atoms with Crippen molar-refractivity contribution in [1.82, 2.24) is 10.2 Å². The predicted molar refractivity (Wildman–Crippen MR) is 148 cm³/mol. The molecule has 0 aliphatic rings. The lowest BCUT2D eigenvalue weighted by Crippen LogP contribution is -2.55. The van der Waals surface area contributed by atoms with Crippen molar-refractivity contribution < 1.29 is 14.3 Å². The quantitative estimate of drug-likeness (QED) is 0.355. The van der Waals surface area contributed by atoms with Crippen LogP contribution in [0.5, 0.6) is 5.75 Å². The van der Waals surface area contributed by atoms with Crippen LogP contribution >= 0.6 is 15.9 Å². The lowest BCUT2D eigenvalue weighted by atomic mass is 10.00. The Morgan fingerprint density at radius 2 is 1.61 bits per heavy atom. The first-order valence-corrected chi connectivity index (χ1v) is 12.9. The van der Waals surface area contributed by atoms with Crippen molar-refractivity contribution >= 4 is 27.7 Å². The van der Waals surface area contributed by atoms with E-state index in [1.165, 1.54) is 0 Å². The van der Waals surface area contributed by atoms with Crippen LogP contribution in [0.2, 0.25) is 0 Å².